The van der Waals surface area contributed by atoms with Crippen LogP contribution < -0.4 is 0 Å². The minimum atomic E-state index is 0.886. The first-order valence-corrected chi connectivity index (χ1v) is 3.80. The van der Waals surface area contributed by atoms with Gasteiger partial charge in [-0.3, -0.25) is 0 Å². The second-order valence-corrected chi connectivity index (χ2v) is 2.43. The van der Waals surface area contributed by atoms with Crippen molar-refractivity contribution in [3.63, 3.8) is 0 Å². The summed E-state index contributed by atoms with van der Waals surface area (Å²) in [6, 6.07) is 0. The van der Waals surface area contributed by atoms with Crippen LogP contribution in [0.3, 0.4) is 0 Å². The molecule has 0 bridgehead atoms. The molecule has 0 saturated carbocycles. The Labute approximate surface area is 54.2 Å². The van der Waals surface area contributed by atoms with Crippen LogP contribution in [0.25, 0.3) is 0 Å². The smallest absolute Gasteiger partial charge is 0.0203 e. The SMILES string of the molecule is CCCCCSN=O. The maximum Gasteiger partial charge on any atom is 0.0203 e. The van der Waals surface area contributed by atoms with E-state index in [-0.39, 0.29) is 0 Å². The Hall–Kier alpha value is -0.0500. The molecule has 0 radical (unpaired) electrons. The third kappa shape index (κ3) is 5.95. The average Bonchev–Trinajstić information content (AvgIpc) is 1.81. The van der Waals surface area contributed by atoms with E-state index in [1.807, 2.05) is 0 Å². The minimum absolute atomic E-state index is 0.886. The highest BCUT2D eigenvalue weighted by Crippen LogP contribution is 2.05. The quantitative estimate of drug-likeness (QED) is 0.328. The number of hydrogen-bond donors (Lipinski definition) is 0. The van der Waals surface area contributed by atoms with Crippen LogP contribution in [-0.2, 0) is 0 Å². The van der Waals surface area contributed by atoms with Crippen molar-refractivity contribution in [2.75, 3.05) is 5.75 Å². The molecule has 0 spiro atoms. The molecule has 48 valence electrons. The van der Waals surface area contributed by atoms with E-state index >= 15 is 0 Å². The summed E-state index contributed by atoms with van der Waals surface area (Å²) >= 11 is 1.12. The van der Waals surface area contributed by atoms with E-state index in [2.05, 4.69) is 11.5 Å². The van der Waals surface area contributed by atoms with E-state index in [0.29, 0.717) is 0 Å². The van der Waals surface area contributed by atoms with Crippen molar-refractivity contribution in [3.05, 3.63) is 4.91 Å². The van der Waals surface area contributed by atoms with E-state index in [0.717, 1.165) is 24.1 Å². The van der Waals surface area contributed by atoms with E-state index < -0.39 is 0 Å². The zero-order chi connectivity index (χ0) is 6.24. The Morgan fingerprint density at radius 2 is 2.25 bits per heavy atom. The summed E-state index contributed by atoms with van der Waals surface area (Å²) in [7, 11) is 0. The fourth-order valence-electron chi connectivity index (χ4n) is 0.454. The molecule has 0 aliphatic rings. The fraction of sp³-hybridized carbons (Fsp3) is 1.00. The van der Waals surface area contributed by atoms with E-state index in [4.69, 9.17) is 0 Å². The molecule has 0 aromatic heterocycles. The van der Waals surface area contributed by atoms with Gasteiger partial charge in [-0.15, -0.1) is 4.91 Å². The molecule has 0 unspecified atom stereocenters. The predicted octanol–water partition coefficient (Wildman–Crippen LogP) is 2.59. The van der Waals surface area contributed by atoms with Gasteiger partial charge in [0.05, 0.1) is 0 Å². The number of rotatable bonds is 5. The molecule has 0 aromatic carbocycles. The van der Waals surface area contributed by atoms with E-state index in [9.17, 15) is 4.91 Å². The van der Waals surface area contributed by atoms with Gasteiger partial charge in [0.2, 0.25) is 0 Å². The maximum absolute atomic E-state index is 9.48. The molecule has 3 heteroatoms. The first-order valence-electron chi connectivity index (χ1n) is 2.86. The summed E-state index contributed by atoms with van der Waals surface area (Å²) < 4.78 is 2.67. The topological polar surface area (TPSA) is 29.4 Å². The minimum Gasteiger partial charge on any atom is -0.137 e. The number of nitrogens with zero attached hydrogens (tertiary/aromatic N) is 1. The molecule has 0 aromatic rings. The monoisotopic (exact) mass is 133 g/mol. The van der Waals surface area contributed by atoms with Gasteiger partial charge >= 0.3 is 0 Å². The Bertz CT molecular complexity index is 58.4. The molecule has 0 aliphatic heterocycles. The lowest BCUT2D eigenvalue weighted by molar-refractivity contribution is 0.779. The number of hydrogen-bond acceptors (Lipinski definition) is 3. The molecule has 0 saturated heterocycles. The van der Waals surface area contributed by atoms with Crippen LogP contribution in [-0.4, -0.2) is 5.75 Å². The van der Waals surface area contributed by atoms with Crippen LogP contribution in [0, 0.1) is 4.91 Å². The third-order valence-electron chi connectivity index (χ3n) is 0.892. The van der Waals surface area contributed by atoms with Gasteiger partial charge in [-0.1, -0.05) is 19.8 Å². The summed E-state index contributed by atoms with van der Waals surface area (Å²) in [5.41, 5.74) is 0. The van der Waals surface area contributed by atoms with Crippen LogP contribution in [0.4, 0.5) is 0 Å². The number of unbranched alkanes of at least 4 members (excludes halogenated alkanes) is 2. The molecule has 0 heterocycles. The van der Waals surface area contributed by atoms with Crippen LogP contribution >= 0.6 is 11.9 Å². The van der Waals surface area contributed by atoms with Crippen molar-refractivity contribution in [1.29, 1.82) is 0 Å². The third-order valence-corrected chi connectivity index (χ3v) is 1.47. The van der Waals surface area contributed by atoms with Crippen LogP contribution in [0.2, 0.25) is 0 Å². The molecular weight excluding hydrogens is 122 g/mol. The Kier molecular flexibility index (Phi) is 6.91. The zero-order valence-corrected chi connectivity index (χ0v) is 5.91. The normalized spacial score (nSPS) is 9.12. The fourth-order valence-corrected chi connectivity index (χ4v) is 0.862. The lowest BCUT2D eigenvalue weighted by atomic mass is 10.3. The Balaban J connectivity index is 2.62. The summed E-state index contributed by atoms with van der Waals surface area (Å²) in [6.45, 7) is 2.14. The van der Waals surface area contributed by atoms with Crippen LogP contribution in [0.5, 0.6) is 0 Å². The van der Waals surface area contributed by atoms with Crippen molar-refractivity contribution < 1.29 is 0 Å². The molecule has 8 heavy (non-hydrogen) atoms. The van der Waals surface area contributed by atoms with Gasteiger partial charge in [0.15, 0.2) is 0 Å². The van der Waals surface area contributed by atoms with Crippen molar-refractivity contribution in [2.45, 2.75) is 26.2 Å². The Morgan fingerprint density at radius 1 is 1.50 bits per heavy atom. The second-order valence-electron chi connectivity index (χ2n) is 1.61. The highest BCUT2D eigenvalue weighted by Gasteiger charge is 1.84. The first-order chi connectivity index (χ1) is 3.91. The molecule has 2 nitrogen and oxygen atoms in total. The second kappa shape index (κ2) is 6.95. The average molecular weight is 133 g/mol. The summed E-state index contributed by atoms with van der Waals surface area (Å²) in [5, 5.41) is 0. The van der Waals surface area contributed by atoms with Gasteiger partial charge < -0.3 is 0 Å². The summed E-state index contributed by atoms with van der Waals surface area (Å²) in [4.78, 5) is 9.48. The number of nitroso groups, excluding NO2 is 1. The summed E-state index contributed by atoms with van der Waals surface area (Å²) in [5.74, 6) is 0.886. The molecule has 0 rings (SSSR count). The van der Waals surface area contributed by atoms with E-state index in [1.54, 1.807) is 0 Å². The van der Waals surface area contributed by atoms with Gasteiger partial charge in [-0.2, -0.15) is 0 Å². The van der Waals surface area contributed by atoms with E-state index in [1.165, 1.54) is 12.8 Å². The largest absolute Gasteiger partial charge is 0.137 e. The van der Waals surface area contributed by atoms with Crippen LogP contribution in [0.1, 0.15) is 26.2 Å². The van der Waals surface area contributed by atoms with Gasteiger partial charge in [-0.25, -0.2) is 0 Å². The lowest BCUT2D eigenvalue weighted by Crippen LogP contribution is -1.74. The van der Waals surface area contributed by atoms with Crippen molar-refractivity contribution >= 4 is 11.9 Å². The highest BCUT2D eigenvalue weighted by atomic mass is 32.2. The van der Waals surface area contributed by atoms with Gasteiger partial charge in [0.1, 0.15) is 0 Å². The summed E-state index contributed by atoms with van der Waals surface area (Å²) in [6.07, 6.45) is 3.54. The molecular formula is C5H11NOS. The Morgan fingerprint density at radius 3 is 2.75 bits per heavy atom. The van der Waals surface area contributed by atoms with Crippen LogP contribution in [0.15, 0.2) is 4.58 Å². The van der Waals surface area contributed by atoms with Gasteiger partial charge in [0.25, 0.3) is 0 Å². The zero-order valence-electron chi connectivity index (χ0n) is 5.09. The molecule has 0 aliphatic carbocycles. The maximum atomic E-state index is 9.48. The molecule has 0 amide bonds. The van der Waals surface area contributed by atoms with Gasteiger partial charge in [0, 0.05) is 22.3 Å². The predicted molar refractivity (Wildman–Crippen MR) is 37.8 cm³/mol. The van der Waals surface area contributed by atoms with Crippen molar-refractivity contribution in [2.24, 2.45) is 4.58 Å². The van der Waals surface area contributed by atoms with Gasteiger partial charge in [-0.05, 0) is 6.42 Å². The molecule has 0 fully saturated rings. The van der Waals surface area contributed by atoms with Crippen molar-refractivity contribution in [1.82, 2.24) is 0 Å². The molecule has 0 atom stereocenters. The molecule has 0 N–H and O–H groups in total. The van der Waals surface area contributed by atoms with Crippen molar-refractivity contribution in [3.8, 4) is 0 Å². The first kappa shape index (κ1) is 7.95. The standard InChI is InChI=1S/C5H11NOS/c1-2-3-4-5-8-6-7/h2-5H2,1H3. The highest BCUT2D eigenvalue weighted by molar-refractivity contribution is 7.97. The lowest BCUT2D eigenvalue weighted by Gasteiger charge is -1.88.